The molecular weight excluding hydrogens is 456 g/mol. The summed E-state index contributed by atoms with van der Waals surface area (Å²) in [6.45, 7) is 3.29. The topological polar surface area (TPSA) is 182 Å². The van der Waals surface area contributed by atoms with Crippen LogP contribution in [-0.4, -0.2) is 79.7 Å². The van der Waals surface area contributed by atoms with E-state index in [4.69, 9.17) is 5.73 Å². The van der Waals surface area contributed by atoms with Crippen molar-refractivity contribution in [2.24, 2.45) is 17.6 Å². The molecule has 3 aliphatic carbocycles. The van der Waals surface area contributed by atoms with Gasteiger partial charge in [0.05, 0.1) is 29.2 Å². The van der Waals surface area contributed by atoms with E-state index in [1.165, 1.54) is 19.0 Å². The second-order valence-corrected chi connectivity index (χ2v) is 9.36. The highest BCUT2D eigenvalue weighted by molar-refractivity contribution is 6.24. The number of nitrogens with zero attached hydrogens (tertiary/aromatic N) is 1. The Kier molecular flexibility index (Phi) is 5.56. The molecule has 1 saturated carbocycles. The van der Waals surface area contributed by atoms with Gasteiger partial charge in [0.25, 0.3) is 5.91 Å². The van der Waals surface area contributed by atoms with E-state index in [0.717, 1.165) is 0 Å². The van der Waals surface area contributed by atoms with Crippen molar-refractivity contribution in [2.45, 2.75) is 38.0 Å². The summed E-state index contributed by atoms with van der Waals surface area (Å²) in [5.41, 5.74) is 2.25. The number of nitrogens with two attached hydrogens (primary N) is 1. The normalized spacial score (nSPS) is 29.9. The van der Waals surface area contributed by atoms with Gasteiger partial charge in [0.15, 0.2) is 11.4 Å². The number of rotatable bonds is 2. The summed E-state index contributed by atoms with van der Waals surface area (Å²) in [6, 6.07) is 0.246. The molecule has 1 amide bonds. The number of aromatic hydroxyl groups is 1. The first-order chi connectivity index (χ1) is 16.3. The molecule has 1 aromatic carbocycles. The third kappa shape index (κ3) is 3.06. The number of primary amides is 1. The van der Waals surface area contributed by atoms with E-state index in [1.807, 2.05) is 0 Å². The Morgan fingerprint density at radius 1 is 1.23 bits per heavy atom. The van der Waals surface area contributed by atoms with Crippen molar-refractivity contribution < 1.29 is 39.9 Å². The van der Waals surface area contributed by atoms with E-state index in [-0.39, 0.29) is 23.3 Å². The first-order valence-corrected chi connectivity index (χ1v) is 10.9. The standard InChI is InChI=1S/C25H26N2O8/c1-5-6-10-7-9(2)11-8-12-14(20(30)13(11)18(10)28)22(32)25(35)16(19(12)29)17(27(3)4)21(31)15(23(25)33)24(26)34/h7,12,16-17,19,28-30,33,35H,8H2,1-4H3,(H2,26,34)/t12?,16?,17?,19?,25-/m0/s1. The van der Waals surface area contributed by atoms with Gasteiger partial charge in [0.2, 0.25) is 5.78 Å². The lowest BCUT2D eigenvalue weighted by molar-refractivity contribution is -0.168. The predicted molar refractivity (Wildman–Crippen MR) is 123 cm³/mol. The lowest BCUT2D eigenvalue weighted by Gasteiger charge is -2.52. The quantitative estimate of drug-likeness (QED) is 0.242. The number of phenolic OH excluding ortho intramolecular Hbond substituents is 1. The summed E-state index contributed by atoms with van der Waals surface area (Å²) in [5, 5.41) is 55.9. The molecule has 10 nitrogen and oxygen atoms in total. The third-order valence-electron chi connectivity index (χ3n) is 7.29. The Labute approximate surface area is 201 Å². The number of carbonyl (C=O) groups excluding carboxylic acids is 3. The van der Waals surface area contributed by atoms with Crippen LogP contribution >= 0.6 is 0 Å². The number of hydrogen-bond acceptors (Lipinski definition) is 9. The summed E-state index contributed by atoms with van der Waals surface area (Å²) in [6.07, 6.45) is -1.61. The average Bonchev–Trinajstić information content (AvgIpc) is 2.77. The Hall–Kier alpha value is -3.65. The van der Waals surface area contributed by atoms with Crippen LogP contribution in [0.2, 0.25) is 0 Å². The maximum atomic E-state index is 13.8. The number of phenols is 1. The van der Waals surface area contributed by atoms with Crippen LogP contribution in [0.5, 0.6) is 5.75 Å². The molecular formula is C25H26N2O8. The number of ketones is 2. The van der Waals surface area contributed by atoms with Gasteiger partial charge in [0, 0.05) is 11.5 Å². The Morgan fingerprint density at radius 2 is 1.86 bits per heavy atom. The number of Topliss-reactive ketones (excluding diaryl/α,β-unsaturated/α-hetero) is 2. The summed E-state index contributed by atoms with van der Waals surface area (Å²) < 4.78 is 0. The summed E-state index contributed by atoms with van der Waals surface area (Å²) in [5.74, 6) is -3.06. The van der Waals surface area contributed by atoms with Gasteiger partial charge in [-0.25, -0.2) is 0 Å². The molecule has 5 atom stereocenters. The van der Waals surface area contributed by atoms with E-state index >= 15 is 0 Å². The number of hydrogen-bond donors (Lipinski definition) is 6. The SMILES string of the molecule is CC#Cc1cc(C)c2c(c1O)C(O)=C1C(=O)[C@]3(O)C(O)=C(C(N)=O)C(=O)C(N(C)C)C3C(O)C1C2. The van der Waals surface area contributed by atoms with Crippen molar-refractivity contribution in [1.29, 1.82) is 0 Å². The predicted octanol–water partition coefficient (Wildman–Crippen LogP) is -0.385. The van der Waals surface area contributed by atoms with E-state index in [2.05, 4.69) is 11.8 Å². The van der Waals surface area contributed by atoms with Gasteiger partial charge in [-0.2, -0.15) is 0 Å². The van der Waals surface area contributed by atoms with Crippen LogP contribution in [0.4, 0.5) is 0 Å². The summed E-state index contributed by atoms with van der Waals surface area (Å²) in [7, 11) is 2.91. The Morgan fingerprint density at radius 3 is 2.40 bits per heavy atom. The van der Waals surface area contributed by atoms with E-state index in [0.29, 0.717) is 11.1 Å². The molecule has 10 heteroatoms. The van der Waals surface area contributed by atoms with Gasteiger partial charge in [0.1, 0.15) is 22.8 Å². The fraction of sp³-hybridized carbons (Fsp3) is 0.400. The number of aryl methyl sites for hydroxylation is 1. The number of carbonyl (C=O) groups is 3. The third-order valence-corrected chi connectivity index (χ3v) is 7.29. The average molecular weight is 482 g/mol. The number of amides is 1. The zero-order valence-electron chi connectivity index (χ0n) is 19.6. The lowest BCUT2D eigenvalue weighted by Crippen LogP contribution is -2.70. The number of likely N-dealkylation sites (N-methyl/N-ethyl adjacent to an activating group) is 1. The molecule has 35 heavy (non-hydrogen) atoms. The van der Waals surface area contributed by atoms with E-state index < -0.39 is 69.7 Å². The summed E-state index contributed by atoms with van der Waals surface area (Å²) in [4.78, 5) is 40.2. The van der Waals surface area contributed by atoms with Crippen LogP contribution < -0.4 is 5.73 Å². The molecule has 0 saturated heterocycles. The maximum absolute atomic E-state index is 13.8. The smallest absolute Gasteiger partial charge is 0.255 e. The number of aliphatic hydroxyl groups is 4. The second-order valence-electron chi connectivity index (χ2n) is 9.36. The van der Waals surface area contributed by atoms with Gasteiger partial charge in [-0.3, -0.25) is 19.3 Å². The van der Waals surface area contributed by atoms with Crippen LogP contribution in [0, 0.1) is 30.6 Å². The molecule has 0 radical (unpaired) electrons. The van der Waals surface area contributed by atoms with Gasteiger partial charge < -0.3 is 31.3 Å². The van der Waals surface area contributed by atoms with Crippen molar-refractivity contribution in [3.63, 3.8) is 0 Å². The Balaban J connectivity index is 2.05. The minimum atomic E-state index is -2.92. The highest BCUT2D eigenvalue weighted by Crippen LogP contribution is 2.53. The van der Waals surface area contributed by atoms with Crippen molar-refractivity contribution in [1.82, 2.24) is 4.90 Å². The molecule has 0 bridgehead atoms. The van der Waals surface area contributed by atoms with E-state index in [1.54, 1.807) is 19.9 Å². The zero-order chi connectivity index (χ0) is 26.1. The van der Waals surface area contributed by atoms with Gasteiger partial charge in [-0.05, 0) is 51.6 Å². The van der Waals surface area contributed by atoms with Gasteiger partial charge in [-0.1, -0.05) is 5.92 Å². The number of fused-ring (bicyclic) bond motifs is 3. The molecule has 184 valence electrons. The Bertz CT molecular complexity index is 1330. The molecule has 0 spiro atoms. The molecule has 0 heterocycles. The van der Waals surface area contributed by atoms with Crippen molar-refractivity contribution in [3.05, 3.63) is 45.2 Å². The number of aliphatic hydroxyl groups excluding tert-OH is 3. The van der Waals surface area contributed by atoms with Crippen LogP contribution in [0.1, 0.15) is 29.2 Å². The minimum Gasteiger partial charge on any atom is -0.508 e. The van der Waals surface area contributed by atoms with E-state index in [9.17, 15) is 39.9 Å². The molecule has 1 fully saturated rings. The first kappa shape index (κ1) is 24.5. The van der Waals surface area contributed by atoms with Crippen LogP contribution in [0.3, 0.4) is 0 Å². The lowest BCUT2D eigenvalue weighted by atomic mass is 9.56. The van der Waals surface area contributed by atoms with Crippen molar-refractivity contribution in [3.8, 4) is 17.6 Å². The number of benzene rings is 1. The van der Waals surface area contributed by atoms with Gasteiger partial charge in [-0.15, -0.1) is 5.92 Å². The summed E-state index contributed by atoms with van der Waals surface area (Å²) >= 11 is 0. The largest absolute Gasteiger partial charge is 0.508 e. The highest BCUT2D eigenvalue weighted by atomic mass is 16.4. The van der Waals surface area contributed by atoms with Crippen molar-refractivity contribution in [2.75, 3.05) is 14.1 Å². The highest BCUT2D eigenvalue weighted by Gasteiger charge is 2.67. The molecule has 1 aromatic rings. The molecule has 7 N–H and O–H groups in total. The monoisotopic (exact) mass is 482 g/mol. The van der Waals surface area contributed by atoms with Crippen molar-refractivity contribution >= 4 is 23.2 Å². The second kappa shape index (κ2) is 7.95. The molecule has 4 unspecified atom stereocenters. The fourth-order valence-electron chi connectivity index (χ4n) is 5.74. The van der Waals surface area contributed by atoms with Crippen LogP contribution in [0.15, 0.2) is 23.0 Å². The van der Waals surface area contributed by atoms with Crippen LogP contribution in [0.25, 0.3) is 5.76 Å². The maximum Gasteiger partial charge on any atom is 0.255 e. The molecule has 0 aromatic heterocycles. The molecule has 4 rings (SSSR count). The molecule has 3 aliphatic rings. The van der Waals surface area contributed by atoms with Gasteiger partial charge >= 0.3 is 0 Å². The molecule has 0 aliphatic heterocycles. The zero-order valence-corrected chi connectivity index (χ0v) is 19.6. The minimum absolute atomic E-state index is 0.00503. The van der Waals surface area contributed by atoms with Crippen LogP contribution in [-0.2, 0) is 20.8 Å². The fourth-order valence-corrected chi connectivity index (χ4v) is 5.74. The first-order valence-electron chi connectivity index (χ1n) is 10.9.